The number of nitrogens with one attached hydrogen (secondary N) is 1. The molecule has 5 N–H and O–H groups in total. The maximum Gasteiger partial charge on any atom is 0.223 e. The summed E-state index contributed by atoms with van der Waals surface area (Å²) in [5, 5.41) is 3.38. The van der Waals surface area contributed by atoms with Crippen molar-refractivity contribution in [3.8, 4) is 0 Å². The van der Waals surface area contributed by atoms with Gasteiger partial charge in [-0.3, -0.25) is 4.90 Å². The smallest absolute Gasteiger partial charge is 0.223 e. The molecule has 3 rings (SSSR count). The van der Waals surface area contributed by atoms with Crippen molar-refractivity contribution < 1.29 is 0 Å². The Morgan fingerprint density at radius 2 is 2.06 bits per heavy atom. The summed E-state index contributed by atoms with van der Waals surface area (Å²) in [6.07, 6.45) is 3.88. The summed E-state index contributed by atoms with van der Waals surface area (Å²) in [6.45, 7) is 2.27. The Morgan fingerprint density at radius 3 is 2.76 bits per heavy atom. The van der Waals surface area contributed by atoms with Crippen LogP contribution in [0, 0.1) is 0 Å². The number of hydrogen-bond donors (Lipinski definition) is 3. The molecule has 1 aromatic heterocycles. The molecular weight excluding hydrogens is 216 g/mol. The fourth-order valence-corrected chi connectivity index (χ4v) is 2.44. The van der Waals surface area contributed by atoms with Crippen LogP contribution < -0.4 is 16.8 Å². The summed E-state index contributed by atoms with van der Waals surface area (Å²) in [7, 11) is 0. The lowest BCUT2D eigenvalue weighted by Gasteiger charge is -2.16. The molecule has 2 fully saturated rings. The predicted molar refractivity (Wildman–Crippen MR) is 67.5 cm³/mol. The first-order chi connectivity index (χ1) is 8.20. The van der Waals surface area contributed by atoms with Crippen molar-refractivity contribution in [3.05, 3.63) is 6.07 Å². The minimum atomic E-state index is 0.226. The molecule has 1 aliphatic heterocycles. The van der Waals surface area contributed by atoms with Gasteiger partial charge in [-0.05, 0) is 19.3 Å². The van der Waals surface area contributed by atoms with Crippen LogP contribution in [0.2, 0.25) is 0 Å². The Labute approximate surface area is 100 Å². The first-order valence-corrected chi connectivity index (χ1v) is 6.11. The number of likely N-dealkylation sites (tertiary alicyclic amines) is 1. The molecule has 1 saturated heterocycles. The summed E-state index contributed by atoms with van der Waals surface area (Å²) in [6, 6.07) is 3.02. The van der Waals surface area contributed by atoms with Crippen molar-refractivity contribution in [2.45, 2.75) is 31.3 Å². The van der Waals surface area contributed by atoms with Crippen LogP contribution in [0.4, 0.5) is 17.6 Å². The van der Waals surface area contributed by atoms with E-state index in [4.69, 9.17) is 11.5 Å². The van der Waals surface area contributed by atoms with E-state index in [-0.39, 0.29) is 5.95 Å². The van der Waals surface area contributed by atoms with E-state index in [1.807, 2.05) is 0 Å². The third-order valence-corrected chi connectivity index (χ3v) is 3.40. The molecule has 92 valence electrons. The average Bonchev–Trinajstić information content (AvgIpc) is 2.99. The van der Waals surface area contributed by atoms with Gasteiger partial charge in [0.1, 0.15) is 11.6 Å². The van der Waals surface area contributed by atoms with Gasteiger partial charge in [0.05, 0.1) is 0 Å². The highest BCUT2D eigenvalue weighted by molar-refractivity contribution is 5.49. The zero-order valence-corrected chi connectivity index (χ0v) is 9.76. The Morgan fingerprint density at radius 1 is 1.24 bits per heavy atom. The van der Waals surface area contributed by atoms with Crippen LogP contribution in [0.25, 0.3) is 0 Å². The van der Waals surface area contributed by atoms with Crippen molar-refractivity contribution >= 4 is 17.6 Å². The first kappa shape index (κ1) is 10.6. The Kier molecular flexibility index (Phi) is 2.51. The highest BCUT2D eigenvalue weighted by Crippen LogP contribution is 2.30. The fourth-order valence-electron chi connectivity index (χ4n) is 2.44. The van der Waals surface area contributed by atoms with Gasteiger partial charge in [0.25, 0.3) is 0 Å². The van der Waals surface area contributed by atoms with E-state index in [2.05, 4.69) is 20.2 Å². The molecule has 2 aliphatic rings. The van der Waals surface area contributed by atoms with Crippen LogP contribution in [0.1, 0.15) is 19.3 Å². The number of aromatic nitrogens is 2. The Balaban J connectivity index is 1.62. The fraction of sp³-hybridized carbons (Fsp3) is 0.636. The number of nitrogen functional groups attached to an aromatic ring is 2. The van der Waals surface area contributed by atoms with E-state index in [0.29, 0.717) is 11.9 Å². The summed E-state index contributed by atoms with van der Waals surface area (Å²) in [5.74, 6) is 1.37. The van der Waals surface area contributed by atoms with E-state index >= 15 is 0 Å². The molecule has 1 aromatic rings. The van der Waals surface area contributed by atoms with Gasteiger partial charge in [-0.2, -0.15) is 9.97 Å². The molecule has 0 bridgehead atoms. The average molecular weight is 234 g/mol. The summed E-state index contributed by atoms with van der Waals surface area (Å²) in [4.78, 5) is 10.5. The molecule has 2 heterocycles. The molecule has 0 amide bonds. The number of nitrogens with two attached hydrogens (primary N) is 2. The summed E-state index contributed by atoms with van der Waals surface area (Å²) < 4.78 is 0. The molecule has 0 aromatic carbocycles. The lowest BCUT2D eigenvalue weighted by molar-refractivity contribution is 0.326. The SMILES string of the molecule is Nc1cc(NC2CCN(C3CC3)C2)nc(N)n1. The second kappa shape index (κ2) is 4.03. The van der Waals surface area contributed by atoms with Gasteiger partial charge in [-0.15, -0.1) is 0 Å². The molecule has 0 radical (unpaired) electrons. The number of nitrogens with zero attached hydrogens (tertiary/aromatic N) is 3. The highest BCUT2D eigenvalue weighted by atomic mass is 15.2. The Hall–Kier alpha value is -1.56. The van der Waals surface area contributed by atoms with Crippen molar-refractivity contribution in [2.24, 2.45) is 0 Å². The molecule has 1 unspecified atom stereocenters. The zero-order chi connectivity index (χ0) is 11.8. The van der Waals surface area contributed by atoms with E-state index < -0.39 is 0 Å². The van der Waals surface area contributed by atoms with Crippen molar-refractivity contribution in [1.82, 2.24) is 14.9 Å². The monoisotopic (exact) mass is 234 g/mol. The second-order valence-electron chi connectivity index (χ2n) is 4.89. The molecule has 6 nitrogen and oxygen atoms in total. The van der Waals surface area contributed by atoms with Crippen LogP contribution in [-0.2, 0) is 0 Å². The van der Waals surface area contributed by atoms with Gasteiger partial charge in [0.2, 0.25) is 5.95 Å². The van der Waals surface area contributed by atoms with Gasteiger partial charge in [-0.25, -0.2) is 0 Å². The van der Waals surface area contributed by atoms with E-state index in [0.717, 1.165) is 24.8 Å². The molecule has 0 spiro atoms. The van der Waals surface area contributed by atoms with Crippen LogP contribution in [0.5, 0.6) is 0 Å². The largest absolute Gasteiger partial charge is 0.383 e. The molecule has 6 heteroatoms. The third kappa shape index (κ3) is 2.41. The normalized spacial score (nSPS) is 25.1. The number of hydrogen-bond acceptors (Lipinski definition) is 6. The molecule has 1 saturated carbocycles. The third-order valence-electron chi connectivity index (χ3n) is 3.40. The van der Waals surface area contributed by atoms with Crippen LogP contribution in [0.3, 0.4) is 0 Å². The topological polar surface area (TPSA) is 93.1 Å². The molecular formula is C11H18N6. The number of anilines is 3. The summed E-state index contributed by atoms with van der Waals surface area (Å²) >= 11 is 0. The van der Waals surface area contributed by atoms with Gasteiger partial charge >= 0.3 is 0 Å². The van der Waals surface area contributed by atoms with E-state index in [9.17, 15) is 0 Å². The van der Waals surface area contributed by atoms with E-state index in [1.165, 1.54) is 19.4 Å². The van der Waals surface area contributed by atoms with Gasteiger partial charge in [0.15, 0.2) is 0 Å². The van der Waals surface area contributed by atoms with Gasteiger partial charge in [0, 0.05) is 31.2 Å². The number of rotatable bonds is 3. The minimum Gasteiger partial charge on any atom is -0.383 e. The van der Waals surface area contributed by atoms with Gasteiger partial charge < -0.3 is 16.8 Å². The second-order valence-corrected chi connectivity index (χ2v) is 4.89. The van der Waals surface area contributed by atoms with Crippen molar-refractivity contribution in [2.75, 3.05) is 29.9 Å². The van der Waals surface area contributed by atoms with Gasteiger partial charge in [-0.1, -0.05) is 0 Å². The first-order valence-electron chi connectivity index (χ1n) is 6.11. The molecule has 17 heavy (non-hydrogen) atoms. The zero-order valence-electron chi connectivity index (χ0n) is 9.76. The maximum absolute atomic E-state index is 5.64. The lowest BCUT2D eigenvalue weighted by atomic mass is 10.2. The lowest BCUT2D eigenvalue weighted by Crippen LogP contribution is -2.28. The van der Waals surface area contributed by atoms with Crippen LogP contribution in [-0.4, -0.2) is 40.0 Å². The standard InChI is InChI=1S/C11H18N6/c12-9-5-10(16-11(13)15-9)14-7-3-4-17(6-7)8-1-2-8/h5,7-8H,1-4,6H2,(H5,12,13,14,15,16). The summed E-state index contributed by atoms with van der Waals surface area (Å²) in [5.41, 5.74) is 11.2. The minimum absolute atomic E-state index is 0.226. The van der Waals surface area contributed by atoms with Crippen LogP contribution >= 0.6 is 0 Å². The van der Waals surface area contributed by atoms with Crippen molar-refractivity contribution in [3.63, 3.8) is 0 Å². The predicted octanol–water partition coefficient (Wildman–Crippen LogP) is 0.290. The highest BCUT2D eigenvalue weighted by Gasteiger charge is 2.34. The maximum atomic E-state index is 5.64. The molecule has 1 aliphatic carbocycles. The quantitative estimate of drug-likeness (QED) is 0.696. The molecule has 1 atom stereocenters. The van der Waals surface area contributed by atoms with E-state index in [1.54, 1.807) is 6.07 Å². The van der Waals surface area contributed by atoms with Crippen molar-refractivity contribution in [1.29, 1.82) is 0 Å². The van der Waals surface area contributed by atoms with Crippen LogP contribution in [0.15, 0.2) is 6.07 Å². The Bertz CT molecular complexity index is 396.